The van der Waals surface area contributed by atoms with Gasteiger partial charge < -0.3 is 10.4 Å². The smallest absolute Gasteiger partial charge is 0.254 e. The van der Waals surface area contributed by atoms with Crippen molar-refractivity contribution in [1.82, 2.24) is 10.3 Å². The monoisotopic (exact) mass is 212 g/mol. The van der Waals surface area contributed by atoms with Crippen molar-refractivity contribution in [2.45, 2.75) is 6.92 Å². The van der Waals surface area contributed by atoms with Crippen molar-refractivity contribution in [2.75, 3.05) is 13.2 Å². The Balaban J connectivity index is 2.58. The molecule has 0 radical (unpaired) electrons. The summed E-state index contributed by atoms with van der Waals surface area (Å²) in [5.74, 6) is -1.18. The van der Waals surface area contributed by atoms with Crippen molar-refractivity contribution in [2.24, 2.45) is 5.92 Å². The van der Waals surface area contributed by atoms with Crippen molar-refractivity contribution in [3.8, 4) is 0 Å². The van der Waals surface area contributed by atoms with E-state index in [0.717, 1.165) is 6.20 Å². The highest BCUT2D eigenvalue weighted by atomic mass is 19.1. The maximum Gasteiger partial charge on any atom is 0.254 e. The summed E-state index contributed by atoms with van der Waals surface area (Å²) in [7, 11) is 0. The highest BCUT2D eigenvalue weighted by Crippen LogP contribution is 2.04. The molecule has 0 aromatic carbocycles. The zero-order valence-electron chi connectivity index (χ0n) is 8.40. The van der Waals surface area contributed by atoms with Gasteiger partial charge in [-0.2, -0.15) is 0 Å². The highest BCUT2D eigenvalue weighted by Gasteiger charge is 2.11. The molecule has 0 fully saturated rings. The number of pyridine rings is 1. The van der Waals surface area contributed by atoms with Crippen LogP contribution in [-0.4, -0.2) is 29.1 Å². The largest absolute Gasteiger partial charge is 0.396 e. The zero-order valence-corrected chi connectivity index (χ0v) is 8.40. The third kappa shape index (κ3) is 3.28. The molecule has 1 rings (SSSR count). The van der Waals surface area contributed by atoms with Gasteiger partial charge in [0.1, 0.15) is 0 Å². The predicted molar refractivity (Wildman–Crippen MR) is 52.8 cm³/mol. The molecule has 1 heterocycles. The summed E-state index contributed by atoms with van der Waals surface area (Å²) in [5, 5.41) is 11.3. The Hall–Kier alpha value is -1.49. The number of carbonyl (C=O) groups is 1. The molecule has 0 aliphatic heterocycles. The summed E-state index contributed by atoms with van der Waals surface area (Å²) < 4.78 is 13.1. The molecule has 1 atom stereocenters. The van der Waals surface area contributed by atoms with Crippen molar-refractivity contribution in [3.05, 3.63) is 29.8 Å². The number of nitrogens with one attached hydrogen (secondary N) is 1. The van der Waals surface area contributed by atoms with E-state index in [0.29, 0.717) is 6.54 Å². The first kappa shape index (κ1) is 11.6. The van der Waals surface area contributed by atoms with Gasteiger partial charge in [0.05, 0.1) is 11.8 Å². The fraction of sp³-hybridized carbons (Fsp3) is 0.400. The second kappa shape index (κ2) is 5.41. The van der Waals surface area contributed by atoms with Crippen LogP contribution in [-0.2, 0) is 0 Å². The van der Waals surface area contributed by atoms with Crippen LogP contribution in [0.5, 0.6) is 0 Å². The van der Waals surface area contributed by atoms with Crippen LogP contribution in [0.25, 0.3) is 0 Å². The Morgan fingerprint density at radius 3 is 3.07 bits per heavy atom. The third-order valence-corrected chi connectivity index (χ3v) is 1.94. The number of aliphatic hydroxyl groups excluding tert-OH is 1. The molecule has 15 heavy (non-hydrogen) atoms. The Labute approximate surface area is 87.1 Å². The maximum absolute atomic E-state index is 13.1. The van der Waals surface area contributed by atoms with Crippen LogP contribution in [0.1, 0.15) is 17.3 Å². The van der Waals surface area contributed by atoms with Crippen LogP contribution in [0, 0.1) is 11.7 Å². The Bertz CT molecular complexity index is 344. The lowest BCUT2D eigenvalue weighted by atomic mass is 10.2. The molecule has 1 aromatic heterocycles. The van der Waals surface area contributed by atoms with E-state index in [2.05, 4.69) is 10.3 Å². The standard InChI is InChI=1S/C10H13FN2O2/c1-7(6-14)4-13-10(15)8-2-3-12-5-9(8)11/h2-3,5,7,14H,4,6H2,1H3,(H,13,15). The van der Waals surface area contributed by atoms with Gasteiger partial charge in [-0.15, -0.1) is 0 Å². The van der Waals surface area contributed by atoms with Crippen molar-refractivity contribution < 1.29 is 14.3 Å². The van der Waals surface area contributed by atoms with E-state index in [1.807, 2.05) is 0 Å². The number of carbonyl (C=O) groups excluding carboxylic acids is 1. The predicted octanol–water partition coefficient (Wildman–Crippen LogP) is 0.579. The lowest BCUT2D eigenvalue weighted by Gasteiger charge is -2.09. The number of hydrogen-bond acceptors (Lipinski definition) is 3. The molecule has 0 saturated heterocycles. The first-order chi connectivity index (χ1) is 7.15. The van der Waals surface area contributed by atoms with Gasteiger partial charge in [-0.1, -0.05) is 6.92 Å². The normalized spacial score (nSPS) is 12.2. The van der Waals surface area contributed by atoms with Gasteiger partial charge >= 0.3 is 0 Å². The second-order valence-corrected chi connectivity index (χ2v) is 3.35. The van der Waals surface area contributed by atoms with Gasteiger partial charge in [0.15, 0.2) is 5.82 Å². The van der Waals surface area contributed by atoms with E-state index in [4.69, 9.17) is 5.11 Å². The molecule has 2 N–H and O–H groups in total. The van der Waals surface area contributed by atoms with E-state index in [-0.39, 0.29) is 18.1 Å². The van der Waals surface area contributed by atoms with Crippen LogP contribution in [0.3, 0.4) is 0 Å². The SMILES string of the molecule is CC(CO)CNC(=O)c1ccncc1F. The van der Waals surface area contributed by atoms with Gasteiger partial charge in [0, 0.05) is 19.3 Å². The molecular formula is C10H13FN2O2. The minimum Gasteiger partial charge on any atom is -0.396 e. The highest BCUT2D eigenvalue weighted by molar-refractivity contribution is 5.94. The molecular weight excluding hydrogens is 199 g/mol. The van der Waals surface area contributed by atoms with Gasteiger partial charge in [-0.3, -0.25) is 9.78 Å². The molecule has 0 bridgehead atoms. The average molecular weight is 212 g/mol. The molecule has 1 unspecified atom stereocenters. The summed E-state index contributed by atoms with van der Waals surface area (Å²) in [6.07, 6.45) is 2.35. The van der Waals surface area contributed by atoms with Crippen LogP contribution >= 0.6 is 0 Å². The van der Waals surface area contributed by atoms with Crippen LogP contribution in [0.15, 0.2) is 18.5 Å². The molecule has 0 aliphatic rings. The van der Waals surface area contributed by atoms with Gasteiger partial charge in [0.2, 0.25) is 0 Å². The third-order valence-electron chi connectivity index (χ3n) is 1.94. The van der Waals surface area contributed by atoms with E-state index in [1.165, 1.54) is 12.3 Å². The van der Waals surface area contributed by atoms with Crippen LogP contribution in [0.4, 0.5) is 4.39 Å². The number of amides is 1. The number of aliphatic hydroxyl groups is 1. The fourth-order valence-corrected chi connectivity index (χ4v) is 0.986. The topological polar surface area (TPSA) is 62.2 Å². The molecule has 0 aliphatic carbocycles. The number of aromatic nitrogens is 1. The van der Waals surface area contributed by atoms with Crippen molar-refractivity contribution in [3.63, 3.8) is 0 Å². The first-order valence-electron chi connectivity index (χ1n) is 4.63. The number of rotatable bonds is 4. The second-order valence-electron chi connectivity index (χ2n) is 3.35. The lowest BCUT2D eigenvalue weighted by molar-refractivity contribution is 0.0938. The zero-order chi connectivity index (χ0) is 11.3. The molecule has 0 saturated carbocycles. The Morgan fingerprint density at radius 2 is 2.47 bits per heavy atom. The number of nitrogens with zero attached hydrogens (tertiary/aromatic N) is 1. The van der Waals surface area contributed by atoms with Gasteiger partial charge in [-0.05, 0) is 12.0 Å². The quantitative estimate of drug-likeness (QED) is 0.767. The van der Waals surface area contributed by atoms with Gasteiger partial charge in [-0.25, -0.2) is 4.39 Å². The van der Waals surface area contributed by atoms with E-state index < -0.39 is 11.7 Å². The average Bonchev–Trinajstić information content (AvgIpc) is 2.26. The molecule has 82 valence electrons. The fourth-order valence-electron chi connectivity index (χ4n) is 0.986. The minimum atomic E-state index is -0.647. The summed E-state index contributed by atoms with van der Waals surface area (Å²) >= 11 is 0. The minimum absolute atomic E-state index is 0.0148. The van der Waals surface area contributed by atoms with Crippen molar-refractivity contribution >= 4 is 5.91 Å². The molecule has 1 amide bonds. The van der Waals surface area contributed by atoms with Crippen LogP contribution in [0.2, 0.25) is 0 Å². The lowest BCUT2D eigenvalue weighted by Crippen LogP contribution is -2.30. The summed E-state index contributed by atoms with van der Waals surface area (Å²) in [4.78, 5) is 15.0. The Morgan fingerprint density at radius 1 is 1.73 bits per heavy atom. The molecule has 0 spiro atoms. The van der Waals surface area contributed by atoms with Crippen LogP contribution < -0.4 is 5.32 Å². The summed E-state index contributed by atoms with van der Waals surface area (Å²) in [5.41, 5.74) is -0.0323. The van der Waals surface area contributed by atoms with Crippen molar-refractivity contribution in [1.29, 1.82) is 0 Å². The van der Waals surface area contributed by atoms with E-state index in [1.54, 1.807) is 6.92 Å². The molecule has 1 aromatic rings. The summed E-state index contributed by atoms with van der Waals surface area (Å²) in [6, 6.07) is 1.31. The Kier molecular flexibility index (Phi) is 4.17. The van der Waals surface area contributed by atoms with E-state index >= 15 is 0 Å². The number of hydrogen-bond donors (Lipinski definition) is 2. The maximum atomic E-state index is 13.1. The summed E-state index contributed by atoms with van der Waals surface area (Å²) in [6.45, 7) is 2.08. The number of halogens is 1. The molecule has 4 nitrogen and oxygen atoms in total. The van der Waals surface area contributed by atoms with E-state index in [9.17, 15) is 9.18 Å². The molecule has 5 heteroatoms. The first-order valence-corrected chi connectivity index (χ1v) is 4.63. The van der Waals surface area contributed by atoms with Gasteiger partial charge in [0.25, 0.3) is 5.91 Å².